The molecule has 0 radical (unpaired) electrons. The van der Waals surface area contributed by atoms with Crippen molar-refractivity contribution in [3.63, 3.8) is 0 Å². The Morgan fingerprint density at radius 3 is 2.70 bits per heavy atom. The number of hydrogen-bond donors (Lipinski definition) is 2. The van der Waals surface area contributed by atoms with Gasteiger partial charge in [0.05, 0.1) is 0 Å². The Hall–Kier alpha value is -1.56. The quantitative estimate of drug-likeness (QED) is 0.427. The Labute approximate surface area is 155 Å². The second-order valence-corrected chi connectivity index (χ2v) is 5.92. The summed E-state index contributed by atoms with van der Waals surface area (Å²) in [5, 5.41) is 3.18. The molecule has 2 aromatic carbocycles. The van der Waals surface area contributed by atoms with E-state index in [9.17, 15) is 0 Å². The van der Waals surface area contributed by atoms with Gasteiger partial charge in [0.25, 0.3) is 0 Å². The smallest absolute Gasteiger partial charge is 0.193 e. The van der Waals surface area contributed by atoms with E-state index in [2.05, 4.69) is 59.7 Å². The zero-order valence-corrected chi connectivity index (χ0v) is 15.7. The molecular formula is C19H24IN3. The molecule has 0 aliphatic heterocycles. The van der Waals surface area contributed by atoms with Crippen LogP contribution in [0.3, 0.4) is 0 Å². The second-order valence-electron chi connectivity index (χ2n) is 5.92. The minimum absolute atomic E-state index is 0. The monoisotopic (exact) mass is 421 g/mol. The number of halogens is 1. The SMILES string of the molecule is CCc1cccc(NC(N)=NCC2CC2c2ccccc2)c1.I. The number of nitrogens with zero attached hydrogens (tertiary/aromatic N) is 1. The first kappa shape index (κ1) is 17.8. The van der Waals surface area contributed by atoms with Gasteiger partial charge in [-0.2, -0.15) is 0 Å². The lowest BCUT2D eigenvalue weighted by Gasteiger charge is -2.07. The Morgan fingerprint density at radius 1 is 1.17 bits per heavy atom. The lowest BCUT2D eigenvalue weighted by atomic mass is 10.1. The molecule has 122 valence electrons. The number of rotatable bonds is 5. The standard InChI is InChI=1S/C19H23N3.HI/c1-2-14-7-6-10-17(11-14)22-19(20)21-13-16-12-18(16)15-8-4-3-5-9-15;/h3-11,16,18H,2,12-13H2,1H3,(H3,20,21,22);1H. The maximum atomic E-state index is 6.00. The highest BCUT2D eigenvalue weighted by molar-refractivity contribution is 14.0. The lowest BCUT2D eigenvalue weighted by molar-refractivity contribution is 0.809. The highest BCUT2D eigenvalue weighted by Gasteiger charge is 2.37. The Morgan fingerprint density at radius 2 is 1.96 bits per heavy atom. The highest BCUT2D eigenvalue weighted by Crippen LogP contribution is 2.47. The van der Waals surface area contributed by atoms with Crippen LogP contribution in [0.25, 0.3) is 0 Å². The maximum absolute atomic E-state index is 6.00. The maximum Gasteiger partial charge on any atom is 0.193 e. The Bertz CT molecular complexity index is 655. The van der Waals surface area contributed by atoms with Crippen molar-refractivity contribution >= 4 is 35.6 Å². The zero-order chi connectivity index (χ0) is 15.4. The molecule has 1 saturated carbocycles. The normalized spacial score (nSPS) is 19.8. The van der Waals surface area contributed by atoms with Crippen LogP contribution in [-0.2, 0) is 6.42 Å². The van der Waals surface area contributed by atoms with Crippen LogP contribution in [0.15, 0.2) is 59.6 Å². The van der Waals surface area contributed by atoms with E-state index in [4.69, 9.17) is 5.73 Å². The third-order valence-electron chi connectivity index (χ3n) is 4.25. The van der Waals surface area contributed by atoms with Crippen molar-refractivity contribution in [1.29, 1.82) is 0 Å². The molecule has 0 bridgehead atoms. The van der Waals surface area contributed by atoms with Gasteiger partial charge in [-0.15, -0.1) is 24.0 Å². The van der Waals surface area contributed by atoms with Crippen molar-refractivity contribution in [3.05, 3.63) is 65.7 Å². The Balaban J connectivity index is 0.00000192. The third-order valence-corrected chi connectivity index (χ3v) is 4.25. The number of guanidine groups is 1. The average Bonchev–Trinajstić information content (AvgIpc) is 3.34. The van der Waals surface area contributed by atoms with Crippen molar-refractivity contribution in [2.75, 3.05) is 11.9 Å². The number of aryl methyl sites for hydroxylation is 1. The molecule has 2 aromatic rings. The van der Waals surface area contributed by atoms with Crippen LogP contribution in [0, 0.1) is 5.92 Å². The molecule has 2 atom stereocenters. The molecule has 0 heterocycles. The van der Waals surface area contributed by atoms with Gasteiger partial charge in [-0.25, -0.2) is 0 Å². The third kappa shape index (κ3) is 4.96. The fraction of sp³-hybridized carbons (Fsp3) is 0.316. The molecular weight excluding hydrogens is 397 g/mol. The van der Waals surface area contributed by atoms with E-state index in [1.807, 2.05) is 12.1 Å². The highest BCUT2D eigenvalue weighted by atomic mass is 127. The van der Waals surface area contributed by atoms with Crippen LogP contribution in [0.4, 0.5) is 5.69 Å². The topological polar surface area (TPSA) is 50.4 Å². The van der Waals surface area contributed by atoms with Crippen LogP contribution >= 0.6 is 24.0 Å². The minimum Gasteiger partial charge on any atom is -0.370 e. The van der Waals surface area contributed by atoms with Crippen molar-refractivity contribution in [1.82, 2.24) is 0 Å². The molecule has 1 fully saturated rings. The van der Waals surface area contributed by atoms with E-state index in [0.717, 1.165) is 18.7 Å². The summed E-state index contributed by atoms with van der Waals surface area (Å²) in [6.45, 7) is 2.94. The molecule has 0 aromatic heterocycles. The van der Waals surface area contributed by atoms with E-state index in [1.165, 1.54) is 17.5 Å². The van der Waals surface area contributed by atoms with Crippen LogP contribution in [0.5, 0.6) is 0 Å². The van der Waals surface area contributed by atoms with Crippen molar-refractivity contribution in [2.24, 2.45) is 16.6 Å². The summed E-state index contributed by atoms with van der Waals surface area (Å²) in [4.78, 5) is 4.50. The van der Waals surface area contributed by atoms with Gasteiger partial charge in [0.2, 0.25) is 0 Å². The van der Waals surface area contributed by atoms with E-state index in [0.29, 0.717) is 17.8 Å². The fourth-order valence-electron chi connectivity index (χ4n) is 2.83. The van der Waals surface area contributed by atoms with Gasteiger partial charge in [0.15, 0.2) is 5.96 Å². The van der Waals surface area contributed by atoms with Crippen LogP contribution in [-0.4, -0.2) is 12.5 Å². The first-order chi connectivity index (χ1) is 10.8. The summed E-state index contributed by atoms with van der Waals surface area (Å²) in [5.74, 6) is 1.79. The van der Waals surface area contributed by atoms with Gasteiger partial charge in [-0.1, -0.05) is 49.4 Å². The molecule has 0 amide bonds. The number of aliphatic imine (C=N–C) groups is 1. The van der Waals surface area contributed by atoms with Crippen molar-refractivity contribution in [3.8, 4) is 0 Å². The number of nitrogens with two attached hydrogens (primary N) is 1. The lowest BCUT2D eigenvalue weighted by Crippen LogP contribution is -2.23. The summed E-state index contributed by atoms with van der Waals surface area (Å²) in [6.07, 6.45) is 2.24. The Kier molecular flexibility index (Phi) is 6.45. The van der Waals surface area contributed by atoms with Crippen molar-refractivity contribution < 1.29 is 0 Å². The average molecular weight is 421 g/mol. The van der Waals surface area contributed by atoms with Gasteiger partial charge in [-0.3, -0.25) is 4.99 Å². The number of nitrogens with one attached hydrogen (secondary N) is 1. The van der Waals surface area contributed by atoms with Gasteiger partial charge in [0.1, 0.15) is 0 Å². The van der Waals surface area contributed by atoms with Gasteiger partial charge in [0, 0.05) is 12.2 Å². The molecule has 2 unspecified atom stereocenters. The summed E-state index contributed by atoms with van der Waals surface area (Å²) in [7, 11) is 0. The summed E-state index contributed by atoms with van der Waals surface area (Å²) >= 11 is 0. The molecule has 3 N–H and O–H groups in total. The molecule has 1 aliphatic rings. The first-order valence-electron chi connectivity index (χ1n) is 7.97. The predicted octanol–water partition coefficient (Wildman–Crippen LogP) is 4.40. The molecule has 23 heavy (non-hydrogen) atoms. The van der Waals surface area contributed by atoms with Crippen molar-refractivity contribution in [2.45, 2.75) is 25.7 Å². The van der Waals surface area contributed by atoms with E-state index in [-0.39, 0.29) is 24.0 Å². The van der Waals surface area contributed by atoms with Crippen LogP contribution in [0.2, 0.25) is 0 Å². The first-order valence-corrected chi connectivity index (χ1v) is 7.97. The predicted molar refractivity (Wildman–Crippen MR) is 109 cm³/mol. The molecule has 0 saturated heterocycles. The van der Waals surface area contributed by atoms with Gasteiger partial charge < -0.3 is 11.1 Å². The fourth-order valence-corrected chi connectivity index (χ4v) is 2.83. The van der Waals surface area contributed by atoms with E-state index in [1.54, 1.807) is 0 Å². The summed E-state index contributed by atoms with van der Waals surface area (Å²) < 4.78 is 0. The van der Waals surface area contributed by atoms with Crippen LogP contribution in [0.1, 0.15) is 30.4 Å². The number of benzene rings is 2. The summed E-state index contributed by atoms with van der Waals surface area (Å²) in [6, 6.07) is 19.0. The molecule has 1 aliphatic carbocycles. The largest absolute Gasteiger partial charge is 0.370 e. The minimum atomic E-state index is 0. The zero-order valence-electron chi connectivity index (χ0n) is 13.4. The number of hydrogen-bond acceptors (Lipinski definition) is 1. The second kappa shape index (κ2) is 8.34. The van der Waals surface area contributed by atoms with E-state index >= 15 is 0 Å². The summed E-state index contributed by atoms with van der Waals surface area (Å²) in [5.41, 5.74) is 9.72. The van der Waals surface area contributed by atoms with E-state index < -0.39 is 0 Å². The molecule has 0 spiro atoms. The van der Waals surface area contributed by atoms with Crippen LogP contribution < -0.4 is 11.1 Å². The molecule has 3 nitrogen and oxygen atoms in total. The molecule has 3 rings (SSSR count). The van der Waals surface area contributed by atoms with Gasteiger partial charge >= 0.3 is 0 Å². The molecule has 4 heteroatoms. The number of anilines is 1. The van der Waals surface area contributed by atoms with Gasteiger partial charge in [-0.05, 0) is 47.9 Å².